The Labute approximate surface area is 110 Å². The number of rotatable bonds is 4. The van der Waals surface area contributed by atoms with Crippen molar-refractivity contribution < 1.29 is 9.53 Å². The third-order valence-electron chi connectivity index (χ3n) is 2.23. The van der Waals surface area contributed by atoms with Gasteiger partial charge >= 0.3 is 6.01 Å². The third kappa shape index (κ3) is 3.38. The number of aryl methyl sites for hydroxylation is 1. The predicted octanol–water partition coefficient (Wildman–Crippen LogP) is 0.946. The molecule has 1 aromatic carbocycles. The fourth-order valence-corrected chi connectivity index (χ4v) is 1.38. The minimum Gasteiger partial charge on any atom is -0.467 e. The van der Waals surface area contributed by atoms with Crippen LogP contribution < -0.4 is 15.6 Å². The summed E-state index contributed by atoms with van der Waals surface area (Å²) in [6, 6.07) is 9.00. The number of aromatic nitrogens is 3. The van der Waals surface area contributed by atoms with Crippen molar-refractivity contribution in [2.75, 3.05) is 12.5 Å². The van der Waals surface area contributed by atoms with Crippen LogP contribution in [0.15, 0.2) is 30.3 Å². The zero-order valence-electron chi connectivity index (χ0n) is 10.5. The van der Waals surface area contributed by atoms with E-state index in [2.05, 4.69) is 25.8 Å². The molecule has 0 unspecified atom stereocenters. The van der Waals surface area contributed by atoms with Gasteiger partial charge in [-0.15, -0.1) is 0 Å². The highest BCUT2D eigenvalue weighted by atomic mass is 16.5. The van der Waals surface area contributed by atoms with Crippen LogP contribution in [0.25, 0.3) is 0 Å². The minimum atomic E-state index is -0.280. The Kier molecular flexibility index (Phi) is 3.87. The molecule has 0 aliphatic heterocycles. The van der Waals surface area contributed by atoms with E-state index in [1.165, 1.54) is 7.11 Å². The molecule has 0 saturated carbocycles. The molecule has 0 saturated heterocycles. The molecule has 0 fully saturated rings. The van der Waals surface area contributed by atoms with E-state index >= 15 is 0 Å². The number of carbonyl (C=O) groups excluding carboxylic acids is 1. The largest absolute Gasteiger partial charge is 0.467 e. The first-order valence-electron chi connectivity index (χ1n) is 5.57. The summed E-state index contributed by atoms with van der Waals surface area (Å²) in [6.07, 6.45) is 0. The lowest BCUT2D eigenvalue weighted by molar-refractivity contribution is 0.0962. The quantitative estimate of drug-likeness (QED) is 0.794. The van der Waals surface area contributed by atoms with Crippen LogP contribution >= 0.6 is 0 Å². The van der Waals surface area contributed by atoms with Gasteiger partial charge in [-0.25, -0.2) is 0 Å². The van der Waals surface area contributed by atoms with E-state index in [9.17, 15) is 4.79 Å². The lowest BCUT2D eigenvalue weighted by Gasteiger charge is -2.08. The molecule has 0 bridgehead atoms. The molecule has 0 radical (unpaired) electrons. The molecule has 1 amide bonds. The predicted molar refractivity (Wildman–Crippen MR) is 68.6 cm³/mol. The topological polar surface area (TPSA) is 89.0 Å². The van der Waals surface area contributed by atoms with Crippen LogP contribution in [-0.4, -0.2) is 28.0 Å². The second-order valence-electron chi connectivity index (χ2n) is 3.64. The normalized spacial score (nSPS) is 9.79. The van der Waals surface area contributed by atoms with Gasteiger partial charge in [0.25, 0.3) is 5.91 Å². The van der Waals surface area contributed by atoms with Gasteiger partial charge in [-0.2, -0.15) is 15.0 Å². The van der Waals surface area contributed by atoms with E-state index in [1.54, 1.807) is 31.2 Å². The van der Waals surface area contributed by atoms with E-state index in [0.717, 1.165) is 0 Å². The van der Waals surface area contributed by atoms with Gasteiger partial charge in [0.2, 0.25) is 5.95 Å². The standard InChI is InChI=1S/C12H13N5O2/c1-8-13-11(15-12(14-8)19-2)17-16-10(18)9-6-4-3-5-7-9/h3-7H,1-2H3,(H,16,18)(H,13,14,15,17). The van der Waals surface area contributed by atoms with Gasteiger partial charge < -0.3 is 4.74 Å². The van der Waals surface area contributed by atoms with E-state index in [4.69, 9.17) is 4.74 Å². The smallest absolute Gasteiger partial charge is 0.321 e. The molecule has 2 N–H and O–H groups in total. The van der Waals surface area contributed by atoms with Gasteiger partial charge in [0.05, 0.1) is 7.11 Å². The van der Waals surface area contributed by atoms with Crippen LogP contribution in [0.2, 0.25) is 0 Å². The van der Waals surface area contributed by atoms with Crippen LogP contribution in [0.5, 0.6) is 6.01 Å². The van der Waals surface area contributed by atoms with Crippen molar-refractivity contribution >= 4 is 11.9 Å². The second kappa shape index (κ2) is 5.76. The number of benzene rings is 1. The van der Waals surface area contributed by atoms with Gasteiger partial charge in [0, 0.05) is 5.56 Å². The summed E-state index contributed by atoms with van der Waals surface area (Å²) in [4.78, 5) is 23.7. The molecule has 0 aliphatic rings. The first kappa shape index (κ1) is 12.7. The molecular formula is C12H13N5O2. The summed E-state index contributed by atoms with van der Waals surface area (Å²) in [5.74, 6) is 0.426. The molecule has 19 heavy (non-hydrogen) atoms. The Balaban J connectivity index is 2.03. The van der Waals surface area contributed by atoms with E-state index in [0.29, 0.717) is 11.4 Å². The lowest BCUT2D eigenvalue weighted by Crippen LogP contribution is -2.30. The average Bonchev–Trinajstić information content (AvgIpc) is 2.45. The fourth-order valence-electron chi connectivity index (χ4n) is 1.38. The van der Waals surface area contributed by atoms with Crippen molar-refractivity contribution in [1.82, 2.24) is 20.4 Å². The number of hydrogen-bond donors (Lipinski definition) is 2. The van der Waals surface area contributed by atoms with Crippen molar-refractivity contribution in [2.24, 2.45) is 0 Å². The molecule has 0 spiro atoms. The first-order chi connectivity index (χ1) is 9.19. The number of nitrogens with one attached hydrogen (secondary N) is 2. The molecule has 2 rings (SSSR count). The van der Waals surface area contributed by atoms with E-state index in [1.807, 2.05) is 6.07 Å². The number of amides is 1. The number of hydrazine groups is 1. The highest BCUT2D eigenvalue weighted by Gasteiger charge is 2.06. The number of methoxy groups -OCH3 is 1. The summed E-state index contributed by atoms with van der Waals surface area (Å²) in [5.41, 5.74) is 5.65. The fraction of sp³-hybridized carbons (Fsp3) is 0.167. The van der Waals surface area contributed by atoms with Crippen molar-refractivity contribution in [3.8, 4) is 6.01 Å². The second-order valence-corrected chi connectivity index (χ2v) is 3.64. The SMILES string of the molecule is COc1nc(C)nc(NNC(=O)c2ccccc2)n1. The summed E-state index contributed by atoms with van der Waals surface area (Å²) >= 11 is 0. The molecule has 1 aromatic heterocycles. The molecule has 0 aliphatic carbocycles. The molecule has 0 atom stereocenters. The number of carbonyl (C=O) groups is 1. The first-order valence-corrected chi connectivity index (χ1v) is 5.57. The Hall–Kier alpha value is -2.70. The van der Waals surface area contributed by atoms with Gasteiger partial charge in [-0.3, -0.25) is 15.6 Å². The Bertz CT molecular complexity index is 574. The maximum atomic E-state index is 11.8. The Morgan fingerprint density at radius 2 is 1.89 bits per heavy atom. The van der Waals surface area contributed by atoms with Crippen molar-refractivity contribution in [3.05, 3.63) is 41.7 Å². The number of anilines is 1. The van der Waals surface area contributed by atoms with E-state index < -0.39 is 0 Å². The molecule has 7 heteroatoms. The van der Waals surface area contributed by atoms with Crippen molar-refractivity contribution in [3.63, 3.8) is 0 Å². The molecule has 98 valence electrons. The summed E-state index contributed by atoms with van der Waals surface area (Å²) in [6.45, 7) is 1.70. The maximum absolute atomic E-state index is 11.8. The minimum absolute atomic E-state index is 0.184. The summed E-state index contributed by atoms with van der Waals surface area (Å²) < 4.78 is 4.91. The van der Waals surface area contributed by atoms with Gasteiger partial charge in [0.1, 0.15) is 5.82 Å². The van der Waals surface area contributed by atoms with Gasteiger partial charge in [0.15, 0.2) is 0 Å². The van der Waals surface area contributed by atoms with Crippen molar-refractivity contribution in [2.45, 2.75) is 6.92 Å². The molecule has 2 aromatic rings. The average molecular weight is 259 g/mol. The van der Waals surface area contributed by atoms with Crippen LogP contribution in [-0.2, 0) is 0 Å². The van der Waals surface area contributed by atoms with Gasteiger partial charge in [-0.1, -0.05) is 18.2 Å². The number of nitrogens with zero attached hydrogens (tertiary/aromatic N) is 3. The Morgan fingerprint density at radius 1 is 1.16 bits per heavy atom. The van der Waals surface area contributed by atoms with Crippen LogP contribution in [0.4, 0.5) is 5.95 Å². The van der Waals surface area contributed by atoms with Crippen molar-refractivity contribution in [1.29, 1.82) is 0 Å². The summed E-state index contributed by atoms with van der Waals surface area (Å²) in [7, 11) is 1.46. The van der Waals surface area contributed by atoms with Crippen LogP contribution in [0, 0.1) is 6.92 Å². The molecule has 1 heterocycles. The number of hydrogen-bond acceptors (Lipinski definition) is 6. The third-order valence-corrected chi connectivity index (χ3v) is 2.23. The van der Waals surface area contributed by atoms with Crippen LogP contribution in [0.1, 0.15) is 16.2 Å². The van der Waals surface area contributed by atoms with E-state index in [-0.39, 0.29) is 17.9 Å². The monoisotopic (exact) mass is 259 g/mol. The summed E-state index contributed by atoms with van der Waals surface area (Å²) in [5, 5.41) is 0. The van der Waals surface area contributed by atoms with Gasteiger partial charge in [-0.05, 0) is 19.1 Å². The molecule has 7 nitrogen and oxygen atoms in total. The molecular weight excluding hydrogens is 246 g/mol. The zero-order valence-corrected chi connectivity index (χ0v) is 10.5. The zero-order chi connectivity index (χ0) is 13.7. The number of ether oxygens (including phenoxy) is 1. The lowest BCUT2D eigenvalue weighted by atomic mass is 10.2. The van der Waals surface area contributed by atoms with Crippen LogP contribution in [0.3, 0.4) is 0 Å². The Morgan fingerprint density at radius 3 is 2.58 bits per heavy atom. The maximum Gasteiger partial charge on any atom is 0.321 e. The highest BCUT2D eigenvalue weighted by Crippen LogP contribution is 2.05. The highest BCUT2D eigenvalue weighted by molar-refractivity contribution is 5.94.